The van der Waals surface area contributed by atoms with E-state index in [1.807, 2.05) is 0 Å². The number of nitrogens with zero attached hydrogens (tertiary/aromatic N) is 2. The van der Waals surface area contributed by atoms with E-state index in [0.717, 1.165) is 26.2 Å². The van der Waals surface area contributed by atoms with Gasteiger partial charge < -0.3 is 10.6 Å². The molecule has 0 radical (unpaired) electrons. The second-order valence-corrected chi connectivity index (χ2v) is 6.45. The van der Waals surface area contributed by atoms with Crippen LogP contribution in [-0.4, -0.2) is 49.1 Å². The Bertz CT molecular complexity index is 390. The molecule has 3 heteroatoms. The maximum absolute atomic E-state index is 6.03. The summed E-state index contributed by atoms with van der Waals surface area (Å²) in [7, 11) is 2.19. The molecule has 0 amide bonds. The van der Waals surface area contributed by atoms with Gasteiger partial charge in [0.1, 0.15) is 0 Å². The number of piperazine rings is 1. The summed E-state index contributed by atoms with van der Waals surface area (Å²) in [6.07, 6.45) is 1.20. The van der Waals surface area contributed by atoms with Crippen LogP contribution >= 0.6 is 0 Å². The van der Waals surface area contributed by atoms with Crippen molar-refractivity contribution in [1.82, 2.24) is 9.80 Å². The lowest BCUT2D eigenvalue weighted by Crippen LogP contribution is -2.55. The molecule has 1 aromatic carbocycles. The van der Waals surface area contributed by atoms with E-state index in [4.69, 9.17) is 5.73 Å². The van der Waals surface area contributed by atoms with Crippen LogP contribution in [0.3, 0.4) is 0 Å². The van der Waals surface area contributed by atoms with Gasteiger partial charge in [-0.25, -0.2) is 0 Å². The molecule has 1 saturated heterocycles. The van der Waals surface area contributed by atoms with E-state index in [1.54, 1.807) is 0 Å². The van der Waals surface area contributed by atoms with Gasteiger partial charge in [-0.05, 0) is 24.9 Å². The van der Waals surface area contributed by atoms with Crippen molar-refractivity contribution in [3.63, 3.8) is 0 Å². The van der Waals surface area contributed by atoms with Crippen molar-refractivity contribution in [3.05, 3.63) is 35.9 Å². The maximum Gasteiger partial charge on any atom is 0.0355 e. The minimum Gasteiger partial charge on any atom is -0.329 e. The number of nitrogens with two attached hydrogens (primary N) is 1. The highest BCUT2D eigenvalue weighted by molar-refractivity contribution is 5.19. The van der Waals surface area contributed by atoms with Gasteiger partial charge in [-0.2, -0.15) is 0 Å². The van der Waals surface area contributed by atoms with Crippen molar-refractivity contribution in [3.8, 4) is 0 Å². The standard InChI is InChI=1S/C17H29N3/c1-14(2)11-17(15-7-5-4-6-8-15)20-10-9-19(3)13-16(20)12-18/h4-8,14,16-17H,9-13,18H2,1-3H3. The van der Waals surface area contributed by atoms with Crippen LogP contribution in [0.4, 0.5) is 0 Å². The molecule has 1 aliphatic heterocycles. The van der Waals surface area contributed by atoms with Gasteiger partial charge in [-0.15, -0.1) is 0 Å². The average Bonchev–Trinajstić information content (AvgIpc) is 2.45. The zero-order valence-electron chi connectivity index (χ0n) is 13.1. The fraction of sp³-hybridized carbons (Fsp3) is 0.647. The lowest BCUT2D eigenvalue weighted by molar-refractivity contribution is 0.0471. The molecule has 1 aliphatic rings. The van der Waals surface area contributed by atoms with Gasteiger partial charge in [0.05, 0.1) is 0 Å². The summed E-state index contributed by atoms with van der Waals surface area (Å²) in [6.45, 7) is 8.69. The molecule has 1 aromatic rings. The quantitative estimate of drug-likeness (QED) is 0.895. The second kappa shape index (κ2) is 7.21. The predicted octanol–water partition coefficient (Wildman–Crippen LogP) is 2.35. The molecule has 3 nitrogen and oxygen atoms in total. The predicted molar refractivity (Wildman–Crippen MR) is 85.7 cm³/mol. The van der Waals surface area contributed by atoms with E-state index >= 15 is 0 Å². The highest BCUT2D eigenvalue weighted by Gasteiger charge is 2.31. The van der Waals surface area contributed by atoms with Crippen molar-refractivity contribution >= 4 is 0 Å². The molecular weight excluding hydrogens is 246 g/mol. The van der Waals surface area contributed by atoms with Crippen molar-refractivity contribution in [1.29, 1.82) is 0 Å². The molecule has 2 atom stereocenters. The van der Waals surface area contributed by atoms with Gasteiger partial charge in [-0.1, -0.05) is 44.2 Å². The van der Waals surface area contributed by atoms with Gasteiger partial charge in [0, 0.05) is 38.3 Å². The summed E-state index contributed by atoms with van der Waals surface area (Å²) >= 11 is 0. The fourth-order valence-electron chi connectivity index (χ4n) is 3.23. The Morgan fingerprint density at radius 2 is 1.90 bits per heavy atom. The van der Waals surface area contributed by atoms with Gasteiger partial charge in [0.2, 0.25) is 0 Å². The number of hydrogen-bond donors (Lipinski definition) is 1. The molecule has 1 heterocycles. The summed E-state index contributed by atoms with van der Waals surface area (Å²) in [5.74, 6) is 0.693. The molecule has 1 fully saturated rings. The monoisotopic (exact) mass is 275 g/mol. The molecule has 0 bridgehead atoms. The Kier molecular flexibility index (Phi) is 5.58. The minimum absolute atomic E-state index is 0.470. The first kappa shape index (κ1) is 15.5. The third-order valence-electron chi connectivity index (χ3n) is 4.28. The van der Waals surface area contributed by atoms with Crippen molar-refractivity contribution in [2.75, 3.05) is 33.2 Å². The molecular formula is C17H29N3. The van der Waals surface area contributed by atoms with E-state index in [0.29, 0.717) is 18.0 Å². The van der Waals surface area contributed by atoms with Crippen LogP contribution in [0.25, 0.3) is 0 Å². The highest BCUT2D eigenvalue weighted by Crippen LogP contribution is 2.30. The Morgan fingerprint density at radius 3 is 2.50 bits per heavy atom. The summed E-state index contributed by atoms with van der Waals surface area (Å²) in [5.41, 5.74) is 7.47. The smallest absolute Gasteiger partial charge is 0.0355 e. The molecule has 0 saturated carbocycles. The molecule has 2 N–H and O–H groups in total. The molecule has 0 aromatic heterocycles. The SMILES string of the molecule is CC(C)CC(c1ccccc1)N1CCN(C)CC1CN. The van der Waals surface area contributed by atoms with E-state index in [-0.39, 0.29) is 0 Å². The van der Waals surface area contributed by atoms with E-state index in [1.165, 1.54) is 12.0 Å². The van der Waals surface area contributed by atoms with Crippen LogP contribution in [0, 0.1) is 5.92 Å². The zero-order valence-corrected chi connectivity index (χ0v) is 13.1. The summed E-state index contributed by atoms with van der Waals surface area (Å²) in [4.78, 5) is 5.03. The molecule has 20 heavy (non-hydrogen) atoms. The summed E-state index contributed by atoms with van der Waals surface area (Å²) in [5, 5.41) is 0. The maximum atomic E-state index is 6.03. The number of rotatable bonds is 5. The Hall–Kier alpha value is -0.900. The van der Waals surface area contributed by atoms with Gasteiger partial charge in [-0.3, -0.25) is 4.90 Å². The topological polar surface area (TPSA) is 32.5 Å². The lowest BCUT2D eigenvalue weighted by Gasteiger charge is -2.44. The first-order valence-electron chi connectivity index (χ1n) is 7.81. The van der Waals surface area contributed by atoms with Crippen molar-refractivity contribution in [2.45, 2.75) is 32.4 Å². The third kappa shape index (κ3) is 3.81. The Labute approximate surface area is 123 Å². The fourth-order valence-corrected chi connectivity index (χ4v) is 3.23. The largest absolute Gasteiger partial charge is 0.329 e. The Morgan fingerprint density at radius 1 is 1.20 bits per heavy atom. The minimum atomic E-state index is 0.470. The van der Waals surface area contributed by atoms with E-state index in [2.05, 4.69) is 61.0 Å². The van der Waals surface area contributed by atoms with Gasteiger partial charge >= 0.3 is 0 Å². The van der Waals surface area contributed by atoms with Crippen molar-refractivity contribution in [2.24, 2.45) is 11.7 Å². The second-order valence-electron chi connectivity index (χ2n) is 6.45. The Balaban J connectivity index is 2.21. The third-order valence-corrected chi connectivity index (χ3v) is 4.28. The summed E-state index contributed by atoms with van der Waals surface area (Å²) in [6, 6.07) is 11.9. The molecule has 0 aliphatic carbocycles. The van der Waals surface area contributed by atoms with Crippen LogP contribution in [-0.2, 0) is 0 Å². The first-order valence-corrected chi connectivity index (χ1v) is 7.81. The normalized spacial score (nSPS) is 23.1. The lowest BCUT2D eigenvalue weighted by atomic mass is 9.93. The van der Waals surface area contributed by atoms with E-state index in [9.17, 15) is 0 Å². The molecule has 2 rings (SSSR count). The van der Waals surface area contributed by atoms with Gasteiger partial charge in [0.25, 0.3) is 0 Å². The number of benzene rings is 1. The van der Waals surface area contributed by atoms with Crippen LogP contribution in [0.15, 0.2) is 30.3 Å². The average molecular weight is 275 g/mol. The van der Waals surface area contributed by atoms with Crippen LogP contribution in [0.1, 0.15) is 31.9 Å². The summed E-state index contributed by atoms with van der Waals surface area (Å²) < 4.78 is 0. The van der Waals surface area contributed by atoms with Crippen LogP contribution < -0.4 is 5.73 Å². The molecule has 2 unspecified atom stereocenters. The zero-order chi connectivity index (χ0) is 14.5. The molecule has 0 spiro atoms. The highest BCUT2D eigenvalue weighted by atomic mass is 15.3. The van der Waals surface area contributed by atoms with E-state index < -0.39 is 0 Å². The van der Waals surface area contributed by atoms with Crippen LogP contribution in [0.2, 0.25) is 0 Å². The van der Waals surface area contributed by atoms with Crippen molar-refractivity contribution < 1.29 is 0 Å². The van der Waals surface area contributed by atoms with Crippen LogP contribution in [0.5, 0.6) is 0 Å². The first-order chi connectivity index (χ1) is 9.61. The molecule has 112 valence electrons. The number of likely N-dealkylation sites (N-methyl/N-ethyl adjacent to an activating group) is 1. The number of hydrogen-bond acceptors (Lipinski definition) is 3. The van der Waals surface area contributed by atoms with Gasteiger partial charge in [0.15, 0.2) is 0 Å².